The van der Waals surface area contributed by atoms with E-state index in [1.54, 1.807) is 0 Å². The quantitative estimate of drug-likeness (QED) is 0.0832. The Morgan fingerprint density at radius 2 is 1.36 bits per heavy atom. The van der Waals surface area contributed by atoms with Gasteiger partial charge in [0.1, 0.15) is 5.57 Å². The van der Waals surface area contributed by atoms with Crippen molar-refractivity contribution < 1.29 is 71.4 Å². The molecule has 0 amide bonds. The van der Waals surface area contributed by atoms with E-state index in [1.807, 2.05) is 0 Å². The van der Waals surface area contributed by atoms with Gasteiger partial charge in [-0.1, -0.05) is 6.07 Å². The predicted molar refractivity (Wildman–Crippen MR) is 93.9 cm³/mol. The molecular weight excluding hydrogens is 537 g/mol. The number of esters is 1. The molecule has 4 nitrogen and oxygen atoms in total. The Bertz CT molecular complexity index is 973. The maximum absolute atomic E-state index is 13.7. The fourth-order valence-corrected chi connectivity index (χ4v) is 2.41. The predicted octanol–water partition coefficient (Wildman–Crippen LogP) is 6.12. The molecule has 0 atom stereocenters. The van der Waals surface area contributed by atoms with Gasteiger partial charge in [0.15, 0.2) is 5.78 Å². The van der Waals surface area contributed by atoms with Crippen molar-refractivity contribution in [3.63, 3.8) is 0 Å². The molecule has 0 aliphatic rings. The average molecular weight is 551 g/mol. The van der Waals surface area contributed by atoms with Crippen LogP contribution in [0.25, 0.3) is 6.08 Å². The Labute approximate surface area is 193 Å². The summed E-state index contributed by atoms with van der Waals surface area (Å²) in [5, 5.41) is 0. The summed E-state index contributed by atoms with van der Waals surface area (Å²) in [7, 11) is 0. The van der Waals surface area contributed by atoms with Crippen LogP contribution in [0.3, 0.4) is 0 Å². The zero-order chi connectivity index (χ0) is 28.4. The number of aromatic nitrogens is 1. The van der Waals surface area contributed by atoms with Gasteiger partial charge < -0.3 is 4.74 Å². The second kappa shape index (κ2) is 10.2. The van der Waals surface area contributed by atoms with Gasteiger partial charge in [-0.2, -0.15) is 57.1 Å². The molecule has 0 unspecified atom stereocenters. The molecule has 0 aliphatic carbocycles. The number of rotatable bonds is 11. The van der Waals surface area contributed by atoms with Gasteiger partial charge in [0.2, 0.25) is 0 Å². The van der Waals surface area contributed by atoms with Gasteiger partial charge in [0, 0.05) is 12.6 Å². The van der Waals surface area contributed by atoms with E-state index in [0.717, 1.165) is 13.0 Å². The number of ketones is 1. The lowest BCUT2D eigenvalue weighted by atomic mass is 9.92. The van der Waals surface area contributed by atoms with Crippen molar-refractivity contribution in [2.75, 3.05) is 6.61 Å². The van der Waals surface area contributed by atoms with E-state index in [0.29, 0.717) is 0 Å². The zero-order valence-electron chi connectivity index (χ0n) is 17.6. The molecule has 0 N–H and O–H groups in total. The van der Waals surface area contributed by atoms with Crippen molar-refractivity contribution in [2.24, 2.45) is 0 Å². The van der Waals surface area contributed by atoms with Gasteiger partial charge >= 0.3 is 41.8 Å². The highest BCUT2D eigenvalue weighted by Gasteiger charge is 2.90. The maximum atomic E-state index is 13.7. The summed E-state index contributed by atoms with van der Waals surface area (Å²) in [6, 6.07) is 4.22. The Hall–Kier alpha value is -2.88. The molecule has 1 rings (SSSR count). The molecule has 36 heavy (non-hydrogen) atoms. The molecule has 0 radical (unpaired) electrons. The summed E-state index contributed by atoms with van der Waals surface area (Å²) in [5.74, 6) is -39.8. The highest BCUT2D eigenvalue weighted by Crippen LogP contribution is 2.60. The molecular formula is C19H14F13NO3. The van der Waals surface area contributed by atoms with Crippen LogP contribution in [0.1, 0.15) is 25.5 Å². The minimum absolute atomic E-state index is 0.0460. The lowest BCUT2D eigenvalue weighted by Crippen LogP contribution is -2.70. The molecule has 0 aliphatic heterocycles. The Morgan fingerprint density at radius 3 is 1.81 bits per heavy atom. The number of pyridine rings is 1. The Morgan fingerprint density at radius 1 is 0.833 bits per heavy atom. The highest BCUT2D eigenvalue weighted by molar-refractivity contribution is 6.19. The second-order valence-electron chi connectivity index (χ2n) is 7.11. The van der Waals surface area contributed by atoms with Crippen LogP contribution in [-0.2, 0) is 14.3 Å². The van der Waals surface area contributed by atoms with Gasteiger partial charge in [-0.15, -0.1) is 0 Å². The van der Waals surface area contributed by atoms with Gasteiger partial charge in [-0.05, 0) is 31.6 Å². The van der Waals surface area contributed by atoms with E-state index in [2.05, 4.69) is 9.72 Å². The highest BCUT2D eigenvalue weighted by atomic mass is 19.4. The van der Waals surface area contributed by atoms with E-state index in [-0.39, 0.29) is 5.69 Å². The number of hydrogen-bond donors (Lipinski definition) is 0. The van der Waals surface area contributed by atoms with Crippen LogP contribution in [0, 0.1) is 0 Å². The molecule has 1 aromatic heterocycles. The molecule has 0 aromatic carbocycles. The number of alkyl halides is 13. The summed E-state index contributed by atoms with van der Waals surface area (Å²) in [5.41, 5.74) is -0.670. The summed E-state index contributed by atoms with van der Waals surface area (Å²) in [4.78, 5) is 27.2. The first kappa shape index (κ1) is 31.2. The average Bonchev–Trinajstić information content (AvgIpc) is 2.74. The zero-order valence-corrected chi connectivity index (χ0v) is 17.6. The molecule has 17 heteroatoms. The lowest BCUT2D eigenvalue weighted by molar-refractivity contribution is -0.440. The van der Waals surface area contributed by atoms with Crippen LogP contribution in [0.5, 0.6) is 0 Å². The lowest BCUT2D eigenvalue weighted by Gasteiger charge is -2.39. The Kier molecular flexibility index (Phi) is 8.86. The van der Waals surface area contributed by atoms with Crippen molar-refractivity contribution in [2.45, 2.75) is 55.6 Å². The number of ether oxygens (including phenoxy) is 1. The van der Waals surface area contributed by atoms with E-state index >= 15 is 0 Å². The van der Waals surface area contributed by atoms with Crippen molar-refractivity contribution in [3.8, 4) is 0 Å². The number of carbonyl (C=O) groups is 2. The van der Waals surface area contributed by atoms with E-state index in [9.17, 15) is 66.7 Å². The third kappa shape index (κ3) is 5.74. The third-order valence-corrected chi connectivity index (χ3v) is 4.45. The fraction of sp³-hybridized carbons (Fsp3) is 0.526. The van der Waals surface area contributed by atoms with Gasteiger partial charge in [0.25, 0.3) is 0 Å². The van der Waals surface area contributed by atoms with Crippen molar-refractivity contribution in [1.82, 2.24) is 4.98 Å². The first-order valence-corrected chi connectivity index (χ1v) is 9.31. The molecule has 0 saturated carbocycles. The number of Topliss-reactive ketones (excluding diaryl/α,β-unsaturated/α-hetero) is 1. The van der Waals surface area contributed by atoms with Crippen molar-refractivity contribution in [1.29, 1.82) is 0 Å². The van der Waals surface area contributed by atoms with E-state index < -0.39 is 72.6 Å². The van der Waals surface area contributed by atoms with Crippen LogP contribution >= 0.6 is 0 Å². The first-order chi connectivity index (χ1) is 16.0. The summed E-state index contributed by atoms with van der Waals surface area (Å²) < 4.78 is 174. The largest absolute Gasteiger partial charge is 0.462 e. The first-order valence-electron chi connectivity index (χ1n) is 9.31. The van der Waals surface area contributed by atoms with Crippen molar-refractivity contribution >= 4 is 17.8 Å². The standard InChI is InChI=1S/C19H14F13NO3/c1-10(34)12(9-11-5-2-3-7-33-11)13(35)36-8-4-6-14(20,21)15(22,23)16(24,25)17(26,27)18(28,29)19(30,31)32/h2-3,5,7,9H,4,6,8H2,1H3. The number of halogens is 13. The van der Waals surface area contributed by atoms with Gasteiger partial charge in [0.05, 0.1) is 12.3 Å². The SMILES string of the molecule is CC(=O)C(=Cc1ccccn1)C(=O)OCCCC(F)(F)C(F)(F)C(F)(F)C(F)(F)C(F)(F)C(F)(F)F. The monoisotopic (exact) mass is 551 g/mol. The summed E-state index contributed by atoms with van der Waals surface area (Å²) in [6.07, 6.45) is -9.36. The van der Waals surface area contributed by atoms with Crippen LogP contribution in [0.2, 0.25) is 0 Å². The van der Waals surface area contributed by atoms with Crippen LogP contribution in [-0.4, -0.2) is 59.1 Å². The summed E-state index contributed by atoms with van der Waals surface area (Å²) in [6.45, 7) is -0.429. The van der Waals surface area contributed by atoms with Crippen LogP contribution in [0.15, 0.2) is 30.0 Å². The molecule has 1 aromatic rings. The second-order valence-corrected chi connectivity index (χ2v) is 7.11. The summed E-state index contributed by atoms with van der Waals surface area (Å²) >= 11 is 0. The molecule has 0 spiro atoms. The van der Waals surface area contributed by atoms with Crippen LogP contribution < -0.4 is 0 Å². The molecule has 0 saturated heterocycles. The van der Waals surface area contributed by atoms with E-state index in [1.165, 1.54) is 24.4 Å². The normalized spacial score (nSPS) is 14.6. The fourth-order valence-electron chi connectivity index (χ4n) is 2.41. The third-order valence-electron chi connectivity index (χ3n) is 4.45. The Balaban J connectivity index is 2.99. The molecule has 1 heterocycles. The molecule has 204 valence electrons. The molecule has 0 bridgehead atoms. The number of nitrogens with zero attached hydrogens (tertiary/aromatic N) is 1. The van der Waals surface area contributed by atoms with Crippen LogP contribution in [0.4, 0.5) is 57.1 Å². The van der Waals surface area contributed by atoms with Gasteiger partial charge in [-0.25, -0.2) is 4.79 Å². The van der Waals surface area contributed by atoms with Gasteiger partial charge in [-0.3, -0.25) is 9.78 Å². The minimum Gasteiger partial charge on any atom is -0.462 e. The number of hydrogen-bond acceptors (Lipinski definition) is 4. The smallest absolute Gasteiger partial charge is 0.460 e. The molecule has 0 fully saturated rings. The topological polar surface area (TPSA) is 56.3 Å². The maximum Gasteiger partial charge on any atom is 0.460 e. The van der Waals surface area contributed by atoms with E-state index in [4.69, 9.17) is 0 Å². The number of carbonyl (C=O) groups excluding carboxylic acids is 2. The minimum atomic E-state index is -7.98. The van der Waals surface area contributed by atoms with Crippen molar-refractivity contribution in [3.05, 3.63) is 35.7 Å².